The van der Waals surface area contributed by atoms with Crippen LogP contribution in [0.1, 0.15) is 35.3 Å². The van der Waals surface area contributed by atoms with Crippen LogP contribution in [0.5, 0.6) is 0 Å². The van der Waals surface area contributed by atoms with Crippen molar-refractivity contribution >= 4 is 29.3 Å². The molecular formula is C19H21N5O4. The average Bonchev–Trinajstić information content (AvgIpc) is 3.06. The molecule has 1 saturated heterocycles. The zero-order valence-corrected chi connectivity index (χ0v) is 15.5. The van der Waals surface area contributed by atoms with Gasteiger partial charge in [-0.25, -0.2) is 0 Å². The number of hydrogen-bond acceptors (Lipinski definition) is 5. The van der Waals surface area contributed by atoms with E-state index < -0.39 is 10.8 Å². The second kappa shape index (κ2) is 8.47. The van der Waals surface area contributed by atoms with Crippen LogP contribution in [0.25, 0.3) is 6.08 Å². The number of nitro groups is 1. The van der Waals surface area contributed by atoms with E-state index in [-0.39, 0.29) is 11.6 Å². The molecule has 1 aliphatic heterocycles. The Hall–Kier alpha value is -3.49. The highest BCUT2D eigenvalue weighted by atomic mass is 16.6. The monoisotopic (exact) mass is 383 g/mol. The third-order valence-electron chi connectivity index (χ3n) is 4.55. The maximum absolute atomic E-state index is 12.8. The zero-order chi connectivity index (χ0) is 20.1. The minimum Gasteiger partial charge on any atom is -0.337 e. The van der Waals surface area contributed by atoms with Crippen LogP contribution < -0.4 is 5.32 Å². The largest absolute Gasteiger partial charge is 0.337 e. The Balaban J connectivity index is 1.71. The number of amides is 2. The fourth-order valence-electron chi connectivity index (χ4n) is 3.12. The second-order valence-corrected chi connectivity index (χ2v) is 6.56. The normalized spacial score (nSPS) is 14.2. The van der Waals surface area contributed by atoms with Gasteiger partial charge in [-0.05, 0) is 30.9 Å². The lowest BCUT2D eigenvalue weighted by Gasteiger charge is -2.26. The molecule has 1 aromatic heterocycles. The van der Waals surface area contributed by atoms with Gasteiger partial charge in [0.2, 0.25) is 5.91 Å². The Kier molecular flexibility index (Phi) is 5.83. The quantitative estimate of drug-likeness (QED) is 0.485. The summed E-state index contributed by atoms with van der Waals surface area (Å²) in [6, 6.07) is 5.96. The Morgan fingerprint density at radius 3 is 2.71 bits per heavy atom. The van der Waals surface area contributed by atoms with Crippen molar-refractivity contribution in [2.75, 3.05) is 18.4 Å². The van der Waals surface area contributed by atoms with Gasteiger partial charge in [0, 0.05) is 38.3 Å². The minimum atomic E-state index is -0.495. The summed E-state index contributed by atoms with van der Waals surface area (Å²) in [5.74, 6) is -0.607. The summed E-state index contributed by atoms with van der Waals surface area (Å²) in [5.41, 5.74) is 1.15. The molecule has 1 N–H and O–H groups in total. The lowest BCUT2D eigenvalue weighted by Crippen LogP contribution is -2.37. The van der Waals surface area contributed by atoms with E-state index in [1.165, 1.54) is 35.2 Å². The van der Waals surface area contributed by atoms with E-state index in [0.29, 0.717) is 30.0 Å². The first-order valence-electron chi connectivity index (χ1n) is 9.00. The number of anilines is 1. The standard InChI is InChI=1S/C19H21N5O4/c1-22-18(19(26)23-10-3-2-4-11-23)16(13-20-22)21-17(25)9-8-14-6-5-7-15(12-14)24(27)28/h5-9,12-13H,2-4,10-11H2,1H3,(H,21,25)/b9-8+. The molecule has 0 bridgehead atoms. The number of carbonyl (C=O) groups is 2. The Labute approximate surface area is 161 Å². The SMILES string of the molecule is Cn1ncc(NC(=O)/C=C/c2cccc([N+](=O)[O-])c2)c1C(=O)N1CCCCC1. The van der Waals surface area contributed by atoms with Crippen molar-refractivity contribution in [3.8, 4) is 0 Å². The van der Waals surface area contributed by atoms with Gasteiger partial charge in [-0.15, -0.1) is 0 Å². The molecule has 2 amide bonds. The van der Waals surface area contributed by atoms with Crippen molar-refractivity contribution in [3.05, 3.63) is 57.9 Å². The number of piperidine rings is 1. The molecule has 2 heterocycles. The summed E-state index contributed by atoms with van der Waals surface area (Å²) < 4.78 is 1.46. The smallest absolute Gasteiger partial charge is 0.274 e. The van der Waals surface area contributed by atoms with Gasteiger partial charge in [-0.3, -0.25) is 24.4 Å². The van der Waals surface area contributed by atoms with Crippen molar-refractivity contribution in [1.82, 2.24) is 14.7 Å². The molecule has 1 fully saturated rings. The molecular weight excluding hydrogens is 362 g/mol. The molecule has 2 aromatic rings. The third-order valence-corrected chi connectivity index (χ3v) is 4.55. The predicted octanol–water partition coefficient (Wildman–Crippen LogP) is 2.61. The number of nitrogens with one attached hydrogen (secondary N) is 1. The molecule has 3 rings (SSSR count). The number of benzene rings is 1. The summed E-state index contributed by atoms with van der Waals surface area (Å²) >= 11 is 0. The van der Waals surface area contributed by atoms with Crippen LogP contribution in [0, 0.1) is 10.1 Å². The number of nitro benzene ring substituents is 1. The number of aryl methyl sites for hydroxylation is 1. The van der Waals surface area contributed by atoms with Gasteiger partial charge in [-0.2, -0.15) is 5.10 Å². The van der Waals surface area contributed by atoms with E-state index in [1.54, 1.807) is 24.1 Å². The number of aromatic nitrogens is 2. The van der Waals surface area contributed by atoms with Crippen LogP contribution in [-0.2, 0) is 11.8 Å². The topological polar surface area (TPSA) is 110 Å². The average molecular weight is 383 g/mol. The number of non-ortho nitro benzene ring substituents is 1. The molecule has 28 heavy (non-hydrogen) atoms. The summed E-state index contributed by atoms with van der Waals surface area (Å²) in [7, 11) is 1.66. The van der Waals surface area contributed by atoms with Crippen molar-refractivity contribution in [2.45, 2.75) is 19.3 Å². The molecule has 9 heteroatoms. The summed E-state index contributed by atoms with van der Waals surface area (Å²) in [6.45, 7) is 1.40. The molecule has 146 valence electrons. The maximum Gasteiger partial charge on any atom is 0.274 e. The summed E-state index contributed by atoms with van der Waals surface area (Å²) in [4.78, 5) is 37.2. The van der Waals surface area contributed by atoms with E-state index in [9.17, 15) is 19.7 Å². The first kappa shape index (κ1) is 19.3. The molecule has 0 saturated carbocycles. The summed E-state index contributed by atoms with van der Waals surface area (Å²) in [5, 5.41) is 17.6. The number of hydrogen-bond donors (Lipinski definition) is 1. The molecule has 0 radical (unpaired) electrons. The number of carbonyl (C=O) groups excluding carboxylic acids is 2. The second-order valence-electron chi connectivity index (χ2n) is 6.56. The van der Waals surface area contributed by atoms with Crippen LogP contribution in [0.2, 0.25) is 0 Å². The van der Waals surface area contributed by atoms with E-state index in [0.717, 1.165) is 19.3 Å². The molecule has 0 spiro atoms. The lowest BCUT2D eigenvalue weighted by molar-refractivity contribution is -0.384. The highest BCUT2D eigenvalue weighted by Crippen LogP contribution is 2.20. The van der Waals surface area contributed by atoms with E-state index in [1.807, 2.05) is 0 Å². The van der Waals surface area contributed by atoms with Crippen molar-refractivity contribution in [3.63, 3.8) is 0 Å². The van der Waals surface area contributed by atoms with Gasteiger partial charge in [0.15, 0.2) is 0 Å². The highest BCUT2D eigenvalue weighted by Gasteiger charge is 2.24. The van der Waals surface area contributed by atoms with Crippen LogP contribution in [-0.4, -0.2) is 44.5 Å². The van der Waals surface area contributed by atoms with Gasteiger partial charge in [0.25, 0.3) is 11.6 Å². The van der Waals surface area contributed by atoms with Gasteiger partial charge >= 0.3 is 0 Å². The Bertz CT molecular complexity index is 928. The molecule has 0 unspecified atom stereocenters. The fourth-order valence-corrected chi connectivity index (χ4v) is 3.12. The van der Waals surface area contributed by atoms with Gasteiger partial charge in [0.05, 0.1) is 16.8 Å². The van der Waals surface area contributed by atoms with Gasteiger partial charge in [0.1, 0.15) is 5.69 Å². The van der Waals surface area contributed by atoms with Crippen LogP contribution in [0.3, 0.4) is 0 Å². The minimum absolute atomic E-state index is 0.0516. The van der Waals surface area contributed by atoms with Gasteiger partial charge < -0.3 is 10.2 Å². The van der Waals surface area contributed by atoms with Gasteiger partial charge in [-0.1, -0.05) is 12.1 Å². The number of likely N-dealkylation sites (tertiary alicyclic amines) is 1. The van der Waals surface area contributed by atoms with E-state index >= 15 is 0 Å². The highest BCUT2D eigenvalue weighted by molar-refractivity contribution is 6.06. The summed E-state index contributed by atoms with van der Waals surface area (Å²) in [6.07, 6.45) is 7.23. The third kappa shape index (κ3) is 4.43. The fraction of sp³-hybridized carbons (Fsp3) is 0.316. The zero-order valence-electron chi connectivity index (χ0n) is 15.5. The molecule has 1 aliphatic rings. The lowest BCUT2D eigenvalue weighted by atomic mass is 10.1. The number of nitrogens with zero attached hydrogens (tertiary/aromatic N) is 4. The predicted molar refractivity (Wildman–Crippen MR) is 104 cm³/mol. The molecule has 0 atom stereocenters. The van der Waals surface area contributed by atoms with Crippen molar-refractivity contribution in [2.24, 2.45) is 7.05 Å². The maximum atomic E-state index is 12.8. The van der Waals surface area contributed by atoms with E-state index in [4.69, 9.17) is 0 Å². The molecule has 9 nitrogen and oxygen atoms in total. The van der Waals surface area contributed by atoms with Crippen LogP contribution in [0.4, 0.5) is 11.4 Å². The van der Waals surface area contributed by atoms with Crippen molar-refractivity contribution in [1.29, 1.82) is 0 Å². The van der Waals surface area contributed by atoms with Crippen molar-refractivity contribution < 1.29 is 14.5 Å². The number of rotatable bonds is 5. The first-order valence-corrected chi connectivity index (χ1v) is 9.00. The molecule has 1 aromatic carbocycles. The van der Waals surface area contributed by atoms with Crippen LogP contribution >= 0.6 is 0 Å². The first-order chi connectivity index (χ1) is 13.5. The Morgan fingerprint density at radius 1 is 1.25 bits per heavy atom. The van der Waals surface area contributed by atoms with E-state index in [2.05, 4.69) is 10.4 Å². The molecule has 0 aliphatic carbocycles. The van der Waals surface area contributed by atoms with Crippen LogP contribution in [0.15, 0.2) is 36.5 Å². The Morgan fingerprint density at radius 2 is 2.00 bits per heavy atom.